The van der Waals surface area contributed by atoms with Gasteiger partial charge in [0, 0.05) is 17.8 Å². The lowest BCUT2D eigenvalue weighted by molar-refractivity contribution is 0.111. The molecular formula is C10H8N2O2S. The number of aromatic nitrogens is 2. The number of hydrogen-bond donors (Lipinski definition) is 0. The number of rotatable bonds is 3. The number of carbonyl (C=O) groups is 1. The summed E-state index contributed by atoms with van der Waals surface area (Å²) >= 11 is 1.34. The van der Waals surface area contributed by atoms with Crippen LogP contribution >= 0.6 is 11.5 Å². The van der Waals surface area contributed by atoms with Gasteiger partial charge < -0.3 is 4.74 Å². The molecule has 0 spiro atoms. The molecule has 0 atom stereocenters. The smallest absolute Gasteiger partial charge is 0.225 e. The van der Waals surface area contributed by atoms with Gasteiger partial charge in [-0.3, -0.25) is 9.78 Å². The summed E-state index contributed by atoms with van der Waals surface area (Å²) in [6.07, 6.45) is 2.37. The van der Waals surface area contributed by atoms with Crippen molar-refractivity contribution in [2.75, 3.05) is 7.11 Å². The van der Waals surface area contributed by atoms with Crippen molar-refractivity contribution in [3.8, 4) is 16.3 Å². The van der Waals surface area contributed by atoms with Crippen molar-refractivity contribution in [1.29, 1.82) is 0 Å². The first kappa shape index (κ1) is 9.79. The Bertz CT molecular complexity index is 465. The maximum absolute atomic E-state index is 10.4. The summed E-state index contributed by atoms with van der Waals surface area (Å²) < 4.78 is 9.06. The Morgan fingerprint density at radius 3 is 2.87 bits per heavy atom. The van der Waals surface area contributed by atoms with E-state index in [2.05, 4.69) is 9.36 Å². The first-order valence-electron chi connectivity index (χ1n) is 4.26. The van der Waals surface area contributed by atoms with E-state index in [0.717, 1.165) is 16.7 Å². The van der Waals surface area contributed by atoms with Gasteiger partial charge in [-0.05, 0) is 23.7 Å². The minimum Gasteiger partial charge on any atom is -0.480 e. The number of aldehydes is 1. The summed E-state index contributed by atoms with van der Waals surface area (Å²) in [5.41, 5.74) is 1.36. The zero-order chi connectivity index (χ0) is 10.7. The Morgan fingerprint density at radius 2 is 2.33 bits per heavy atom. The number of hydrogen-bond acceptors (Lipinski definition) is 5. The van der Waals surface area contributed by atoms with Gasteiger partial charge in [-0.15, -0.1) is 0 Å². The SMILES string of the molecule is COc1cc(-c2ccc(C=O)nc2)sn1. The minimum absolute atomic E-state index is 0.426. The quantitative estimate of drug-likeness (QED) is 0.742. The van der Waals surface area contributed by atoms with Gasteiger partial charge in [0.25, 0.3) is 0 Å². The number of methoxy groups -OCH3 is 1. The van der Waals surface area contributed by atoms with Crippen molar-refractivity contribution in [2.24, 2.45) is 0 Å². The largest absolute Gasteiger partial charge is 0.480 e. The van der Waals surface area contributed by atoms with Crippen LogP contribution in [0.25, 0.3) is 10.4 Å². The number of ether oxygens (including phenoxy) is 1. The number of nitrogens with zero attached hydrogens (tertiary/aromatic N) is 2. The van der Waals surface area contributed by atoms with E-state index >= 15 is 0 Å². The summed E-state index contributed by atoms with van der Waals surface area (Å²) in [5, 5.41) is 0. The van der Waals surface area contributed by atoms with Gasteiger partial charge in [-0.1, -0.05) is 0 Å². The lowest BCUT2D eigenvalue weighted by Gasteiger charge is -1.94. The summed E-state index contributed by atoms with van der Waals surface area (Å²) in [6, 6.07) is 5.35. The Kier molecular flexibility index (Phi) is 2.73. The van der Waals surface area contributed by atoms with Crippen LogP contribution in [0.2, 0.25) is 0 Å². The van der Waals surface area contributed by atoms with Crippen LogP contribution in [-0.4, -0.2) is 22.8 Å². The molecule has 76 valence electrons. The zero-order valence-corrected chi connectivity index (χ0v) is 8.82. The second-order valence-corrected chi connectivity index (χ2v) is 3.63. The fourth-order valence-electron chi connectivity index (χ4n) is 1.11. The van der Waals surface area contributed by atoms with Crippen molar-refractivity contribution >= 4 is 17.8 Å². The molecule has 0 saturated heterocycles. The van der Waals surface area contributed by atoms with Gasteiger partial charge in [0.1, 0.15) is 5.69 Å². The van der Waals surface area contributed by atoms with Gasteiger partial charge in [0.15, 0.2) is 6.29 Å². The standard InChI is InChI=1S/C10H8N2O2S/c1-14-10-4-9(15-12-10)7-2-3-8(6-13)11-5-7/h2-6H,1H3. The first-order valence-corrected chi connectivity index (χ1v) is 5.03. The molecule has 0 amide bonds. The molecule has 0 fully saturated rings. The highest BCUT2D eigenvalue weighted by atomic mass is 32.1. The number of pyridine rings is 1. The molecule has 5 heteroatoms. The Hall–Kier alpha value is -1.75. The Morgan fingerprint density at radius 1 is 1.47 bits per heavy atom. The summed E-state index contributed by atoms with van der Waals surface area (Å²) in [7, 11) is 1.58. The van der Waals surface area contributed by atoms with Crippen LogP contribution in [-0.2, 0) is 0 Å². The normalized spacial score (nSPS) is 9.93. The second-order valence-electron chi connectivity index (χ2n) is 2.82. The van der Waals surface area contributed by atoms with Gasteiger partial charge in [-0.2, -0.15) is 4.37 Å². The average Bonchev–Trinajstić information content (AvgIpc) is 2.78. The lowest BCUT2D eigenvalue weighted by atomic mass is 10.2. The van der Waals surface area contributed by atoms with Crippen molar-refractivity contribution in [1.82, 2.24) is 9.36 Å². The Labute approximate surface area is 90.7 Å². The third-order valence-electron chi connectivity index (χ3n) is 1.89. The van der Waals surface area contributed by atoms with E-state index in [1.54, 1.807) is 19.4 Å². The van der Waals surface area contributed by atoms with Crippen LogP contribution in [0, 0.1) is 0 Å². The number of carbonyl (C=O) groups excluding carboxylic acids is 1. The van der Waals surface area contributed by atoms with Crippen molar-refractivity contribution in [3.05, 3.63) is 30.1 Å². The third-order valence-corrected chi connectivity index (χ3v) is 2.71. The third kappa shape index (κ3) is 2.02. The van der Waals surface area contributed by atoms with E-state index < -0.39 is 0 Å². The van der Waals surface area contributed by atoms with Crippen molar-refractivity contribution < 1.29 is 9.53 Å². The molecule has 0 aliphatic carbocycles. The lowest BCUT2D eigenvalue weighted by Crippen LogP contribution is -1.85. The zero-order valence-electron chi connectivity index (χ0n) is 8.01. The first-order chi connectivity index (χ1) is 7.33. The van der Waals surface area contributed by atoms with Crippen LogP contribution in [0.1, 0.15) is 10.5 Å². The van der Waals surface area contributed by atoms with Crippen LogP contribution < -0.4 is 4.74 Å². The van der Waals surface area contributed by atoms with Crippen molar-refractivity contribution in [2.45, 2.75) is 0 Å². The second kappa shape index (κ2) is 4.18. The van der Waals surface area contributed by atoms with E-state index in [1.807, 2.05) is 12.1 Å². The molecule has 0 radical (unpaired) electrons. The molecule has 0 bridgehead atoms. The molecule has 2 aromatic rings. The average molecular weight is 220 g/mol. The van der Waals surface area contributed by atoms with Crippen LogP contribution in [0.3, 0.4) is 0 Å². The molecule has 0 aliphatic rings. The summed E-state index contributed by atoms with van der Waals surface area (Å²) in [5.74, 6) is 0.592. The van der Waals surface area contributed by atoms with Crippen molar-refractivity contribution in [3.63, 3.8) is 0 Å². The monoisotopic (exact) mass is 220 g/mol. The topological polar surface area (TPSA) is 52.1 Å². The molecular weight excluding hydrogens is 212 g/mol. The van der Waals surface area contributed by atoms with Gasteiger partial charge in [-0.25, -0.2) is 0 Å². The van der Waals surface area contributed by atoms with Crippen LogP contribution in [0.5, 0.6) is 5.88 Å². The molecule has 15 heavy (non-hydrogen) atoms. The maximum atomic E-state index is 10.4. The maximum Gasteiger partial charge on any atom is 0.225 e. The highest BCUT2D eigenvalue weighted by Crippen LogP contribution is 2.27. The molecule has 0 N–H and O–H groups in total. The molecule has 2 heterocycles. The van der Waals surface area contributed by atoms with Crippen LogP contribution in [0.4, 0.5) is 0 Å². The van der Waals surface area contributed by atoms with E-state index in [0.29, 0.717) is 11.6 Å². The van der Waals surface area contributed by atoms with Crippen LogP contribution in [0.15, 0.2) is 24.4 Å². The highest BCUT2D eigenvalue weighted by molar-refractivity contribution is 7.09. The molecule has 0 saturated carbocycles. The highest BCUT2D eigenvalue weighted by Gasteiger charge is 2.04. The molecule has 0 aliphatic heterocycles. The predicted molar refractivity (Wildman–Crippen MR) is 57.3 cm³/mol. The minimum atomic E-state index is 0.426. The summed E-state index contributed by atoms with van der Waals surface area (Å²) in [4.78, 5) is 15.4. The Balaban J connectivity index is 2.32. The summed E-state index contributed by atoms with van der Waals surface area (Å²) in [6.45, 7) is 0. The van der Waals surface area contributed by atoms with Gasteiger partial charge >= 0.3 is 0 Å². The molecule has 0 aromatic carbocycles. The fourth-order valence-corrected chi connectivity index (χ4v) is 1.81. The van der Waals surface area contributed by atoms with E-state index in [-0.39, 0.29) is 0 Å². The van der Waals surface area contributed by atoms with E-state index in [4.69, 9.17) is 4.74 Å². The fraction of sp³-hybridized carbons (Fsp3) is 0.100. The van der Waals surface area contributed by atoms with E-state index in [9.17, 15) is 4.79 Å². The molecule has 2 rings (SSSR count). The van der Waals surface area contributed by atoms with E-state index in [1.165, 1.54) is 11.5 Å². The molecule has 2 aromatic heterocycles. The predicted octanol–water partition coefficient (Wildman–Crippen LogP) is 2.03. The molecule has 0 unspecified atom stereocenters. The molecule has 4 nitrogen and oxygen atoms in total. The van der Waals surface area contributed by atoms with Gasteiger partial charge in [0.05, 0.1) is 12.0 Å². The van der Waals surface area contributed by atoms with Gasteiger partial charge in [0.2, 0.25) is 5.88 Å².